The molecule has 1 heterocycles. The summed E-state index contributed by atoms with van der Waals surface area (Å²) in [4.78, 5) is 24.4. The van der Waals surface area contributed by atoms with Crippen molar-refractivity contribution in [1.29, 1.82) is 0 Å². The Morgan fingerprint density at radius 2 is 1.95 bits per heavy atom. The van der Waals surface area contributed by atoms with Crippen molar-refractivity contribution in [3.63, 3.8) is 0 Å². The highest BCUT2D eigenvalue weighted by atomic mass is 19.1. The molecule has 0 saturated carbocycles. The third-order valence-corrected chi connectivity index (χ3v) is 3.36. The van der Waals surface area contributed by atoms with E-state index in [1.54, 1.807) is 0 Å². The van der Waals surface area contributed by atoms with E-state index in [1.807, 2.05) is 0 Å². The summed E-state index contributed by atoms with van der Waals surface area (Å²) in [6.45, 7) is 0.249. The van der Waals surface area contributed by atoms with Crippen LogP contribution in [0, 0.1) is 11.6 Å². The van der Waals surface area contributed by atoms with Crippen LogP contribution in [-0.2, 0) is 9.53 Å². The van der Waals surface area contributed by atoms with Gasteiger partial charge in [-0.1, -0.05) is 0 Å². The maximum Gasteiger partial charge on any atom is 0.323 e. The zero-order valence-electron chi connectivity index (χ0n) is 11.2. The molecule has 7 heteroatoms. The van der Waals surface area contributed by atoms with Crippen LogP contribution in [0.5, 0.6) is 0 Å². The molecule has 5 nitrogen and oxygen atoms in total. The van der Waals surface area contributed by atoms with Crippen LogP contribution in [0.1, 0.15) is 23.2 Å². The number of halogens is 2. The molecule has 0 unspecified atom stereocenters. The van der Waals surface area contributed by atoms with Crippen LogP contribution in [-0.4, -0.2) is 47.7 Å². The number of benzene rings is 1. The Bertz CT molecular complexity index is 544. The van der Waals surface area contributed by atoms with Gasteiger partial charge in [0, 0.05) is 19.3 Å². The zero-order valence-corrected chi connectivity index (χ0v) is 11.2. The molecule has 0 spiro atoms. The Labute approximate surface area is 120 Å². The number of carboxylic acids is 1. The minimum atomic E-state index is -1.20. The molecular formula is C14H15F2NO4. The van der Waals surface area contributed by atoms with Crippen molar-refractivity contribution in [2.45, 2.75) is 18.9 Å². The van der Waals surface area contributed by atoms with E-state index in [-0.39, 0.29) is 6.04 Å². The molecule has 2 rings (SSSR count). The SMILES string of the molecule is O=C(O)CN(C(=O)c1cc(F)ccc1F)C1CCOCC1. The third kappa shape index (κ3) is 3.75. The molecule has 0 atom stereocenters. The Balaban J connectivity index is 2.28. The van der Waals surface area contributed by atoms with E-state index in [1.165, 1.54) is 0 Å². The number of aliphatic carboxylic acids is 1. The van der Waals surface area contributed by atoms with Crippen molar-refractivity contribution >= 4 is 11.9 Å². The van der Waals surface area contributed by atoms with Gasteiger partial charge in [0.15, 0.2) is 0 Å². The van der Waals surface area contributed by atoms with E-state index in [2.05, 4.69) is 0 Å². The van der Waals surface area contributed by atoms with Crippen LogP contribution in [0.4, 0.5) is 8.78 Å². The Hall–Kier alpha value is -2.02. The van der Waals surface area contributed by atoms with Crippen molar-refractivity contribution in [3.05, 3.63) is 35.4 Å². The van der Waals surface area contributed by atoms with E-state index in [4.69, 9.17) is 9.84 Å². The van der Waals surface area contributed by atoms with Gasteiger partial charge in [-0.2, -0.15) is 0 Å². The lowest BCUT2D eigenvalue weighted by molar-refractivity contribution is -0.138. The summed E-state index contributed by atoms with van der Waals surface area (Å²) >= 11 is 0. The Morgan fingerprint density at radius 1 is 1.29 bits per heavy atom. The fourth-order valence-electron chi connectivity index (χ4n) is 2.33. The summed E-state index contributed by atoms with van der Waals surface area (Å²) in [5.41, 5.74) is -0.456. The van der Waals surface area contributed by atoms with Gasteiger partial charge < -0.3 is 14.7 Å². The number of ether oxygens (including phenoxy) is 1. The van der Waals surface area contributed by atoms with Gasteiger partial charge in [0.1, 0.15) is 18.2 Å². The quantitative estimate of drug-likeness (QED) is 0.918. The number of rotatable bonds is 4. The van der Waals surface area contributed by atoms with Crippen LogP contribution in [0.15, 0.2) is 18.2 Å². The van der Waals surface area contributed by atoms with Gasteiger partial charge in [0.05, 0.1) is 5.56 Å². The lowest BCUT2D eigenvalue weighted by Crippen LogP contribution is -2.46. The molecule has 1 fully saturated rings. The summed E-state index contributed by atoms with van der Waals surface area (Å²) in [6, 6.07) is 2.18. The summed E-state index contributed by atoms with van der Waals surface area (Å²) in [5.74, 6) is -3.64. The smallest absolute Gasteiger partial charge is 0.323 e. The molecule has 0 bridgehead atoms. The topological polar surface area (TPSA) is 66.8 Å². The van der Waals surface area contributed by atoms with Gasteiger partial charge >= 0.3 is 5.97 Å². The minimum Gasteiger partial charge on any atom is -0.480 e. The molecule has 1 N–H and O–H groups in total. The molecule has 1 saturated heterocycles. The molecule has 1 aliphatic rings. The number of hydrogen-bond donors (Lipinski definition) is 1. The van der Waals surface area contributed by atoms with Gasteiger partial charge in [-0.05, 0) is 31.0 Å². The monoisotopic (exact) mass is 299 g/mol. The van der Waals surface area contributed by atoms with Crippen LogP contribution in [0.3, 0.4) is 0 Å². The first-order valence-electron chi connectivity index (χ1n) is 6.54. The number of hydrogen-bond acceptors (Lipinski definition) is 3. The van der Waals surface area contributed by atoms with E-state index < -0.39 is 35.6 Å². The molecule has 0 aromatic heterocycles. The van der Waals surface area contributed by atoms with Gasteiger partial charge in [0.2, 0.25) is 0 Å². The van der Waals surface area contributed by atoms with Crippen LogP contribution < -0.4 is 0 Å². The first-order valence-corrected chi connectivity index (χ1v) is 6.54. The second-order valence-electron chi connectivity index (χ2n) is 4.79. The molecule has 1 aromatic rings. The number of nitrogens with zero attached hydrogens (tertiary/aromatic N) is 1. The van der Waals surface area contributed by atoms with Gasteiger partial charge in [-0.25, -0.2) is 8.78 Å². The van der Waals surface area contributed by atoms with E-state index >= 15 is 0 Å². The van der Waals surface area contributed by atoms with E-state index in [0.717, 1.165) is 23.1 Å². The van der Waals surface area contributed by atoms with Crippen molar-refractivity contribution in [2.24, 2.45) is 0 Å². The maximum absolute atomic E-state index is 13.7. The van der Waals surface area contributed by atoms with Crippen molar-refractivity contribution in [2.75, 3.05) is 19.8 Å². The lowest BCUT2D eigenvalue weighted by atomic mass is 10.0. The Kier molecular flexibility index (Phi) is 4.85. The first-order chi connectivity index (χ1) is 9.99. The molecule has 1 aliphatic heterocycles. The highest BCUT2D eigenvalue weighted by Gasteiger charge is 2.29. The molecule has 1 aromatic carbocycles. The average Bonchev–Trinajstić information content (AvgIpc) is 2.47. The summed E-state index contributed by atoms with van der Waals surface area (Å²) in [5, 5.41) is 8.94. The van der Waals surface area contributed by atoms with Gasteiger partial charge in [-0.15, -0.1) is 0 Å². The maximum atomic E-state index is 13.7. The standard InChI is InChI=1S/C14H15F2NO4/c15-9-1-2-12(16)11(7-9)14(20)17(8-13(18)19)10-3-5-21-6-4-10/h1-2,7,10H,3-6,8H2,(H,18,19). The largest absolute Gasteiger partial charge is 0.480 e. The summed E-state index contributed by atoms with van der Waals surface area (Å²) < 4.78 is 32.1. The van der Waals surface area contributed by atoms with E-state index in [9.17, 15) is 18.4 Å². The third-order valence-electron chi connectivity index (χ3n) is 3.36. The number of carboxylic acid groups (broad SMARTS) is 1. The predicted molar refractivity (Wildman–Crippen MR) is 68.9 cm³/mol. The highest BCUT2D eigenvalue weighted by molar-refractivity contribution is 5.96. The number of carbonyl (C=O) groups excluding carboxylic acids is 1. The molecular weight excluding hydrogens is 284 g/mol. The summed E-state index contributed by atoms with van der Waals surface area (Å²) in [6.07, 6.45) is 0.936. The van der Waals surface area contributed by atoms with Crippen molar-refractivity contribution < 1.29 is 28.2 Å². The fraction of sp³-hybridized carbons (Fsp3) is 0.429. The van der Waals surface area contributed by atoms with Gasteiger partial charge in [0.25, 0.3) is 5.91 Å². The molecule has 0 radical (unpaired) electrons. The fourth-order valence-corrected chi connectivity index (χ4v) is 2.33. The number of carbonyl (C=O) groups is 2. The van der Waals surface area contributed by atoms with Crippen molar-refractivity contribution in [1.82, 2.24) is 4.90 Å². The lowest BCUT2D eigenvalue weighted by Gasteiger charge is -2.33. The normalized spacial score (nSPS) is 15.7. The molecule has 21 heavy (non-hydrogen) atoms. The molecule has 1 amide bonds. The minimum absolute atomic E-state index is 0.356. The van der Waals surface area contributed by atoms with Crippen LogP contribution in [0.2, 0.25) is 0 Å². The number of amides is 1. The molecule has 114 valence electrons. The Morgan fingerprint density at radius 3 is 2.57 bits per heavy atom. The zero-order chi connectivity index (χ0) is 15.4. The average molecular weight is 299 g/mol. The highest BCUT2D eigenvalue weighted by Crippen LogP contribution is 2.19. The van der Waals surface area contributed by atoms with Crippen LogP contribution in [0.25, 0.3) is 0 Å². The second kappa shape index (κ2) is 6.62. The van der Waals surface area contributed by atoms with Crippen molar-refractivity contribution in [3.8, 4) is 0 Å². The second-order valence-corrected chi connectivity index (χ2v) is 4.79. The van der Waals surface area contributed by atoms with E-state index in [0.29, 0.717) is 26.1 Å². The summed E-state index contributed by atoms with van der Waals surface area (Å²) in [7, 11) is 0. The molecule has 0 aliphatic carbocycles. The van der Waals surface area contributed by atoms with Gasteiger partial charge in [-0.3, -0.25) is 9.59 Å². The first kappa shape index (κ1) is 15.4. The predicted octanol–water partition coefficient (Wildman–Crippen LogP) is 1.67. The van der Waals surface area contributed by atoms with Crippen LogP contribution >= 0.6 is 0 Å².